The number of anilines is 2. The Kier molecular flexibility index (Phi) is 8.55. The van der Waals surface area contributed by atoms with Gasteiger partial charge in [0.25, 0.3) is 12.3 Å². The van der Waals surface area contributed by atoms with Crippen LogP contribution < -0.4 is 21.1 Å². The number of benzene rings is 2. The van der Waals surface area contributed by atoms with Gasteiger partial charge in [0.1, 0.15) is 23.9 Å². The number of alkyl halides is 5. The second kappa shape index (κ2) is 12.6. The highest BCUT2D eigenvalue weighted by Gasteiger charge is 2.60. The van der Waals surface area contributed by atoms with Crippen molar-refractivity contribution in [3.63, 3.8) is 0 Å². The average molecular weight is 698 g/mol. The van der Waals surface area contributed by atoms with Crippen molar-refractivity contribution in [3.8, 4) is 17.0 Å². The predicted octanol–water partition coefficient (Wildman–Crippen LogP) is 4.84. The Bertz CT molecular complexity index is 2120. The van der Waals surface area contributed by atoms with Gasteiger partial charge in [-0.3, -0.25) is 14.6 Å². The molecule has 11 nitrogen and oxygen atoms in total. The number of halogens is 6. The number of nitrogens with zero attached hydrogens (tertiary/aromatic N) is 4. The fraction of sp³-hybridized carbons (Fsp3) is 0.212. The van der Waals surface area contributed by atoms with Crippen molar-refractivity contribution in [2.75, 3.05) is 18.5 Å². The lowest BCUT2D eigenvalue weighted by molar-refractivity contribution is -0.265. The van der Waals surface area contributed by atoms with Crippen LogP contribution in [0.2, 0.25) is 0 Å². The number of primary amides is 1. The van der Waals surface area contributed by atoms with Crippen LogP contribution in [-0.4, -0.2) is 62.6 Å². The monoisotopic (exact) mass is 697 g/mol. The van der Waals surface area contributed by atoms with E-state index in [1.807, 2.05) is 0 Å². The molecule has 3 aromatic heterocycles. The molecule has 0 radical (unpaired) electrons. The molecule has 0 bridgehead atoms. The van der Waals surface area contributed by atoms with Gasteiger partial charge in [-0.25, -0.2) is 28.1 Å². The van der Waals surface area contributed by atoms with Gasteiger partial charge < -0.3 is 26.2 Å². The normalized spacial score (nSPS) is 16.8. The number of carbonyl (C=O) groups is 2. The largest absolute Gasteiger partial charge is 0.489 e. The van der Waals surface area contributed by atoms with E-state index in [1.54, 1.807) is 25.3 Å². The first-order valence-electron chi connectivity index (χ1n) is 14.7. The van der Waals surface area contributed by atoms with Gasteiger partial charge in [-0.2, -0.15) is 13.2 Å². The van der Waals surface area contributed by atoms with E-state index in [4.69, 9.17) is 10.5 Å². The van der Waals surface area contributed by atoms with Gasteiger partial charge in [-0.15, -0.1) is 0 Å². The van der Waals surface area contributed by atoms with Crippen molar-refractivity contribution in [1.29, 1.82) is 0 Å². The highest BCUT2D eigenvalue weighted by molar-refractivity contribution is 6.02. The molecule has 6 rings (SSSR count). The third-order valence-corrected chi connectivity index (χ3v) is 8.22. The number of aryl methyl sites for hydroxylation is 1. The standard InChI is InChI=1S/C33H25F6N7O4/c1-16-9-18-10-19(11-22(24(18)43-13-16)45-30-41-7-2-8-42-30)27(47)44-14-32(49,33(37,38)39)23-12-21-26(50-15-31(21,28(35)36)29(40)48)25(46-23)17-3-5-20(34)6-4-17/h2-13,28,49H,14-15H2,1H3,(H2,40,48)(H,44,47)(H,41,42,45)/t31-,32?/m0/s1. The van der Waals surface area contributed by atoms with Crippen LogP contribution in [0.1, 0.15) is 27.2 Å². The summed E-state index contributed by atoms with van der Waals surface area (Å²) in [6.07, 6.45) is -4.65. The summed E-state index contributed by atoms with van der Waals surface area (Å²) >= 11 is 0. The molecular weight excluding hydrogens is 672 g/mol. The van der Waals surface area contributed by atoms with Crippen LogP contribution in [0.3, 0.4) is 0 Å². The van der Waals surface area contributed by atoms with Crippen molar-refractivity contribution >= 4 is 34.4 Å². The second-order valence-electron chi connectivity index (χ2n) is 11.5. The summed E-state index contributed by atoms with van der Waals surface area (Å²) < 4.78 is 92.7. The number of carbonyl (C=O) groups excluding carboxylic acids is 2. The maximum absolute atomic E-state index is 14.9. The van der Waals surface area contributed by atoms with Crippen LogP contribution in [0.25, 0.3) is 22.2 Å². The lowest BCUT2D eigenvalue weighted by Gasteiger charge is -2.32. The lowest BCUT2D eigenvalue weighted by Crippen LogP contribution is -2.52. The maximum atomic E-state index is 14.9. The summed E-state index contributed by atoms with van der Waals surface area (Å²) in [7, 11) is 0. The predicted molar refractivity (Wildman–Crippen MR) is 166 cm³/mol. The van der Waals surface area contributed by atoms with Crippen molar-refractivity contribution in [2.45, 2.75) is 30.5 Å². The topological polar surface area (TPSA) is 165 Å². The summed E-state index contributed by atoms with van der Waals surface area (Å²) in [5, 5.41) is 16.7. The number of amides is 2. The third kappa shape index (κ3) is 5.89. The Morgan fingerprint density at radius 1 is 1.06 bits per heavy atom. The van der Waals surface area contributed by atoms with Crippen molar-refractivity contribution < 1.29 is 45.8 Å². The van der Waals surface area contributed by atoms with Gasteiger partial charge in [-0.1, -0.05) is 0 Å². The number of rotatable bonds is 9. The Hall–Kier alpha value is -5.84. The molecule has 2 aromatic carbocycles. The molecule has 1 unspecified atom stereocenters. The van der Waals surface area contributed by atoms with Gasteiger partial charge in [0.15, 0.2) is 5.41 Å². The number of hydrogen-bond donors (Lipinski definition) is 4. The summed E-state index contributed by atoms with van der Waals surface area (Å²) in [4.78, 5) is 42.4. The van der Waals surface area contributed by atoms with Crippen LogP contribution >= 0.6 is 0 Å². The first-order valence-corrected chi connectivity index (χ1v) is 14.7. The van der Waals surface area contributed by atoms with E-state index in [1.165, 1.54) is 24.5 Å². The quantitative estimate of drug-likeness (QED) is 0.158. The van der Waals surface area contributed by atoms with Crippen molar-refractivity contribution in [3.05, 3.63) is 101 Å². The number of nitrogens with one attached hydrogen (secondary N) is 2. The van der Waals surface area contributed by atoms with Gasteiger partial charge in [0, 0.05) is 40.7 Å². The van der Waals surface area contributed by atoms with Crippen LogP contribution in [0.4, 0.5) is 38.0 Å². The molecule has 1 aliphatic heterocycles. The van der Waals surface area contributed by atoms with E-state index in [9.17, 15) is 41.0 Å². The van der Waals surface area contributed by atoms with Gasteiger partial charge in [0.05, 0.1) is 23.4 Å². The van der Waals surface area contributed by atoms with Gasteiger partial charge in [0.2, 0.25) is 17.5 Å². The molecule has 0 saturated carbocycles. The number of ether oxygens (including phenoxy) is 1. The Morgan fingerprint density at radius 2 is 1.76 bits per heavy atom. The second-order valence-corrected chi connectivity index (χ2v) is 11.5. The Balaban J connectivity index is 1.43. The SMILES string of the molecule is Cc1cnc2c(Nc3ncccn3)cc(C(=O)NCC(O)(c3cc4c(c(-c5ccc(F)cc5)n3)OC[C@@]4(C(N)=O)C(F)F)C(F)(F)F)cc2c1. The third-order valence-electron chi connectivity index (χ3n) is 8.22. The molecule has 258 valence electrons. The van der Waals surface area contributed by atoms with Crippen molar-refractivity contribution in [2.24, 2.45) is 5.73 Å². The molecule has 2 atom stereocenters. The van der Waals surface area contributed by atoms with Crippen molar-refractivity contribution in [1.82, 2.24) is 25.3 Å². The fourth-order valence-electron chi connectivity index (χ4n) is 5.50. The molecule has 0 aliphatic carbocycles. The Labute approximate surface area is 278 Å². The molecule has 0 saturated heterocycles. The van der Waals surface area contributed by atoms with E-state index < -0.39 is 77.1 Å². The molecule has 2 amide bonds. The fourth-order valence-corrected chi connectivity index (χ4v) is 5.50. The molecule has 4 heterocycles. The zero-order valence-corrected chi connectivity index (χ0v) is 25.7. The minimum Gasteiger partial charge on any atom is -0.489 e. The smallest absolute Gasteiger partial charge is 0.424 e. The molecule has 5 N–H and O–H groups in total. The van der Waals surface area contributed by atoms with Crippen LogP contribution in [0.5, 0.6) is 5.75 Å². The molecule has 50 heavy (non-hydrogen) atoms. The van der Waals surface area contributed by atoms with E-state index in [0.29, 0.717) is 22.5 Å². The molecule has 0 spiro atoms. The summed E-state index contributed by atoms with van der Waals surface area (Å²) in [5.74, 6) is -3.78. The van der Waals surface area contributed by atoms with Crippen LogP contribution in [0.15, 0.2) is 73.2 Å². The number of aliphatic hydroxyl groups is 1. The maximum Gasteiger partial charge on any atom is 0.424 e. The minimum atomic E-state index is -5.58. The highest BCUT2D eigenvalue weighted by atomic mass is 19.4. The summed E-state index contributed by atoms with van der Waals surface area (Å²) in [6.45, 7) is -0.861. The highest BCUT2D eigenvalue weighted by Crippen LogP contribution is 2.49. The number of fused-ring (bicyclic) bond motifs is 2. The first kappa shape index (κ1) is 34.0. The molecular formula is C33H25F6N7O4. The van der Waals surface area contributed by atoms with Gasteiger partial charge in [-0.05, 0) is 67.1 Å². The molecule has 5 aromatic rings. The molecule has 0 fully saturated rings. The number of aromatic nitrogens is 4. The van der Waals surface area contributed by atoms with E-state index in [-0.39, 0.29) is 22.8 Å². The molecule has 17 heteroatoms. The minimum absolute atomic E-state index is 0.0879. The summed E-state index contributed by atoms with van der Waals surface area (Å²) in [6, 6.07) is 10.4. The summed E-state index contributed by atoms with van der Waals surface area (Å²) in [5.41, 5.74) is -3.03. The zero-order chi connectivity index (χ0) is 36.0. The average Bonchev–Trinajstić information content (AvgIpc) is 3.48. The Morgan fingerprint density at radius 3 is 2.40 bits per heavy atom. The number of hydrogen-bond acceptors (Lipinski definition) is 9. The van der Waals surface area contributed by atoms with E-state index >= 15 is 0 Å². The lowest BCUT2D eigenvalue weighted by atomic mass is 9.80. The van der Waals surface area contributed by atoms with Crippen LogP contribution in [-0.2, 0) is 15.8 Å². The zero-order valence-electron chi connectivity index (χ0n) is 25.7. The molecule has 1 aliphatic rings. The van der Waals surface area contributed by atoms with Gasteiger partial charge >= 0.3 is 6.18 Å². The van der Waals surface area contributed by atoms with E-state index in [0.717, 1.165) is 24.3 Å². The first-order chi connectivity index (χ1) is 23.6. The van der Waals surface area contributed by atoms with Crippen LogP contribution in [0, 0.1) is 12.7 Å². The number of nitrogens with two attached hydrogens (primary N) is 1. The number of pyridine rings is 2. The van der Waals surface area contributed by atoms with E-state index in [2.05, 4.69) is 30.6 Å².